The van der Waals surface area contributed by atoms with E-state index in [1.54, 1.807) is 0 Å². The lowest BCUT2D eigenvalue weighted by Gasteiger charge is -2.29. The van der Waals surface area contributed by atoms with E-state index in [1.165, 1.54) is 24.3 Å². The molecule has 0 spiro atoms. The zero-order chi connectivity index (χ0) is 18.1. The molecule has 0 aliphatic carbocycles. The van der Waals surface area contributed by atoms with Crippen molar-refractivity contribution in [2.75, 3.05) is 0 Å². The summed E-state index contributed by atoms with van der Waals surface area (Å²) in [5, 5.41) is 9.58. The van der Waals surface area contributed by atoms with E-state index < -0.39 is 30.5 Å². The molecule has 132 valence electrons. The van der Waals surface area contributed by atoms with Crippen molar-refractivity contribution in [3.05, 3.63) is 35.4 Å². The van der Waals surface area contributed by atoms with Gasteiger partial charge in [-0.1, -0.05) is 38.1 Å². The lowest BCUT2D eigenvalue weighted by molar-refractivity contribution is -0.358. The molecule has 8 heteroatoms. The summed E-state index contributed by atoms with van der Waals surface area (Å²) >= 11 is 0. The van der Waals surface area contributed by atoms with Crippen LogP contribution in [0.4, 0.5) is 30.7 Å². The van der Waals surface area contributed by atoms with Crippen LogP contribution in [0.15, 0.2) is 24.3 Å². The standard InChI is InChI=1S/C15H17F7O/c1-9(2)7-10-3-5-11(6-4-10)12(23)8-13(16,17)14(18,19)15(20,21)22/h3-6,9,12,23H,7-8H2,1-2H3. The number of aliphatic hydroxyl groups is 1. The van der Waals surface area contributed by atoms with E-state index in [9.17, 15) is 35.8 Å². The first-order chi connectivity index (χ1) is 10.3. The van der Waals surface area contributed by atoms with E-state index in [0.29, 0.717) is 12.3 Å². The minimum absolute atomic E-state index is 0.143. The van der Waals surface area contributed by atoms with Gasteiger partial charge in [0.25, 0.3) is 0 Å². The summed E-state index contributed by atoms with van der Waals surface area (Å²) in [6.45, 7) is 3.89. The average molecular weight is 346 g/mol. The van der Waals surface area contributed by atoms with Crippen LogP contribution in [-0.4, -0.2) is 23.1 Å². The summed E-state index contributed by atoms with van der Waals surface area (Å²) < 4.78 is 88.3. The number of halogens is 7. The van der Waals surface area contributed by atoms with Crippen LogP contribution in [0.5, 0.6) is 0 Å². The zero-order valence-corrected chi connectivity index (χ0v) is 12.5. The Morgan fingerprint density at radius 1 is 0.913 bits per heavy atom. The first-order valence-corrected chi connectivity index (χ1v) is 6.87. The van der Waals surface area contributed by atoms with Gasteiger partial charge < -0.3 is 5.11 Å². The molecule has 1 atom stereocenters. The molecular weight excluding hydrogens is 329 g/mol. The van der Waals surface area contributed by atoms with Gasteiger partial charge in [-0.25, -0.2) is 0 Å². The fourth-order valence-electron chi connectivity index (χ4n) is 2.04. The fraction of sp³-hybridized carbons (Fsp3) is 0.600. The van der Waals surface area contributed by atoms with Gasteiger partial charge in [0.05, 0.1) is 6.10 Å². The summed E-state index contributed by atoms with van der Waals surface area (Å²) in [5.41, 5.74) is 0.693. The molecule has 1 N–H and O–H groups in total. The summed E-state index contributed by atoms with van der Waals surface area (Å²) in [5.74, 6) is -11.3. The third kappa shape index (κ3) is 4.59. The first kappa shape index (κ1) is 19.7. The first-order valence-electron chi connectivity index (χ1n) is 6.87. The summed E-state index contributed by atoms with van der Waals surface area (Å²) in [6, 6.07) is 5.51. The molecule has 0 heterocycles. The maximum atomic E-state index is 13.3. The number of hydrogen-bond donors (Lipinski definition) is 1. The normalized spacial score (nSPS) is 15.1. The van der Waals surface area contributed by atoms with Crippen LogP contribution in [0.3, 0.4) is 0 Å². The van der Waals surface area contributed by atoms with Gasteiger partial charge >= 0.3 is 18.0 Å². The molecule has 1 unspecified atom stereocenters. The van der Waals surface area contributed by atoms with Gasteiger partial charge in [0.2, 0.25) is 0 Å². The lowest BCUT2D eigenvalue weighted by Crippen LogP contribution is -2.52. The highest BCUT2D eigenvalue weighted by atomic mass is 19.4. The van der Waals surface area contributed by atoms with Gasteiger partial charge in [-0.2, -0.15) is 30.7 Å². The van der Waals surface area contributed by atoms with Crippen molar-refractivity contribution in [3.8, 4) is 0 Å². The van der Waals surface area contributed by atoms with Gasteiger partial charge in [-0.05, 0) is 23.5 Å². The Morgan fingerprint density at radius 2 is 1.39 bits per heavy atom. The predicted octanol–water partition coefficient (Wildman–Crippen LogP) is 5.14. The monoisotopic (exact) mass is 346 g/mol. The number of benzene rings is 1. The number of hydrogen-bond acceptors (Lipinski definition) is 1. The van der Waals surface area contributed by atoms with Crippen LogP contribution >= 0.6 is 0 Å². The van der Waals surface area contributed by atoms with Crippen LogP contribution in [0.25, 0.3) is 0 Å². The molecular formula is C15H17F7O. The van der Waals surface area contributed by atoms with Crippen LogP contribution in [0, 0.1) is 5.92 Å². The largest absolute Gasteiger partial charge is 0.459 e. The molecule has 0 aromatic heterocycles. The second-order valence-corrected chi connectivity index (χ2v) is 5.84. The second kappa shape index (κ2) is 6.67. The fourth-order valence-corrected chi connectivity index (χ4v) is 2.04. The molecule has 1 nitrogen and oxygen atoms in total. The van der Waals surface area contributed by atoms with E-state index in [0.717, 1.165) is 5.56 Å². The summed E-state index contributed by atoms with van der Waals surface area (Å²) in [4.78, 5) is 0. The highest BCUT2D eigenvalue weighted by Crippen LogP contribution is 2.49. The van der Waals surface area contributed by atoms with E-state index in [1.807, 2.05) is 13.8 Å². The predicted molar refractivity (Wildman–Crippen MR) is 70.5 cm³/mol. The van der Waals surface area contributed by atoms with Gasteiger partial charge in [0.1, 0.15) is 0 Å². The molecule has 0 aliphatic heterocycles. The zero-order valence-electron chi connectivity index (χ0n) is 12.5. The van der Waals surface area contributed by atoms with Crippen LogP contribution in [0.2, 0.25) is 0 Å². The van der Waals surface area contributed by atoms with Crippen molar-refractivity contribution in [1.29, 1.82) is 0 Å². The molecule has 0 saturated carbocycles. The Morgan fingerprint density at radius 3 is 1.78 bits per heavy atom. The smallest absolute Gasteiger partial charge is 0.388 e. The van der Waals surface area contributed by atoms with Crippen molar-refractivity contribution in [1.82, 2.24) is 0 Å². The minimum Gasteiger partial charge on any atom is -0.388 e. The molecule has 0 bridgehead atoms. The summed E-state index contributed by atoms with van der Waals surface area (Å²) in [6.07, 6.45) is -9.87. The van der Waals surface area contributed by atoms with Crippen molar-refractivity contribution in [3.63, 3.8) is 0 Å². The SMILES string of the molecule is CC(C)Cc1ccc(C(O)CC(F)(F)C(F)(F)C(F)(F)F)cc1. The van der Waals surface area contributed by atoms with Crippen molar-refractivity contribution in [2.24, 2.45) is 5.92 Å². The van der Waals surface area contributed by atoms with Crippen molar-refractivity contribution in [2.45, 2.75) is 50.8 Å². The molecule has 0 amide bonds. The lowest BCUT2D eigenvalue weighted by atomic mass is 9.96. The number of alkyl halides is 7. The third-order valence-electron chi connectivity index (χ3n) is 3.27. The molecule has 1 rings (SSSR count). The molecule has 0 radical (unpaired) electrons. The molecule has 1 aromatic carbocycles. The Hall–Kier alpha value is -1.31. The van der Waals surface area contributed by atoms with E-state index in [-0.39, 0.29) is 5.56 Å². The van der Waals surface area contributed by atoms with Gasteiger partial charge in [-0.3, -0.25) is 0 Å². The quantitative estimate of drug-likeness (QED) is 0.707. The van der Waals surface area contributed by atoms with Crippen LogP contribution in [0.1, 0.15) is 37.5 Å². The van der Waals surface area contributed by atoms with Crippen LogP contribution < -0.4 is 0 Å². The van der Waals surface area contributed by atoms with E-state index in [4.69, 9.17) is 0 Å². The maximum absolute atomic E-state index is 13.3. The van der Waals surface area contributed by atoms with E-state index in [2.05, 4.69) is 0 Å². The molecule has 23 heavy (non-hydrogen) atoms. The van der Waals surface area contributed by atoms with Gasteiger partial charge in [-0.15, -0.1) is 0 Å². The Kier molecular flexibility index (Phi) is 5.72. The summed E-state index contributed by atoms with van der Waals surface area (Å²) in [7, 11) is 0. The Balaban J connectivity index is 2.88. The molecule has 0 aliphatic rings. The Bertz CT molecular complexity index is 506. The van der Waals surface area contributed by atoms with Crippen molar-refractivity contribution < 1.29 is 35.8 Å². The van der Waals surface area contributed by atoms with Gasteiger partial charge in [0.15, 0.2) is 0 Å². The van der Waals surface area contributed by atoms with E-state index >= 15 is 0 Å². The minimum atomic E-state index is -6.39. The average Bonchev–Trinajstić information content (AvgIpc) is 2.36. The third-order valence-corrected chi connectivity index (χ3v) is 3.27. The molecule has 1 aromatic rings. The molecule has 0 fully saturated rings. The highest BCUT2D eigenvalue weighted by molar-refractivity contribution is 5.24. The maximum Gasteiger partial charge on any atom is 0.459 e. The second-order valence-electron chi connectivity index (χ2n) is 5.84. The van der Waals surface area contributed by atoms with Gasteiger partial charge in [0, 0.05) is 6.42 Å². The van der Waals surface area contributed by atoms with Crippen molar-refractivity contribution >= 4 is 0 Å². The Labute approximate surface area is 129 Å². The van der Waals surface area contributed by atoms with Crippen LogP contribution in [-0.2, 0) is 6.42 Å². The number of rotatable bonds is 6. The topological polar surface area (TPSA) is 20.2 Å². The molecule has 0 saturated heterocycles. The number of aliphatic hydroxyl groups excluding tert-OH is 1. The highest BCUT2D eigenvalue weighted by Gasteiger charge is 2.72.